The van der Waals surface area contributed by atoms with Crippen molar-refractivity contribution in [3.63, 3.8) is 0 Å². The van der Waals surface area contributed by atoms with Crippen molar-refractivity contribution < 1.29 is 4.79 Å². The summed E-state index contributed by atoms with van der Waals surface area (Å²) >= 11 is 0. The molecular formula is C13H22N2O. The van der Waals surface area contributed by atoms with Crippen molar-refractivity contribution in [2.45, 2.75) is 64.3 Å². The molecule has 1 unspecified atom stereocenters. The lowest BCUT2D eigenvalue weighted by Gasteiger charge is -2.20. The number of carbonyl (C=O) groups excluding carboxylic acids is 1. The number of rotatable bonds is 3. The standard InChI is InChI=1S/C13H22N2O/c1-11(9-10-14)15-13(16)12-7-5-3-2-4-6-8-12/h11-12H,2-9H2,1H3,(H,15,16). The molecule has 3 nitrogen and oxygen atoms in total. The number of nitrogens with one attached hydrogen (secondary N) is 1. The van der Waals surface area contributed by atoms with Gasteiger partial charge in [-0.3, -0.25) is 4.79 Å². The largest absolute Gasteiger partial charge is 0.352 e. The average Bonchev–Trinajstić information content (AvgIpc) is 2.16. The Hall–Kier alpha value is -1.04. The van der Waals surface area contributed by atoms with Gasteiger partial charge in [-0.2, -0.15) is 5.26 Å². The Labute approximate surface area is 98.2 Å². The van der Waals surface area contributed by atoms with Crippen molar-refractivity contribution in [2.75, 3.05) is 0 Å². The minimum absolute atomic E-state index is 0.0112. The summed E-state index contributed by atoms with van der Waals surface area (Å²) < 4.78 is 0. The number of nitriles is 1. The van der Waals surface area contributed by atoms with Gasteiger partial charge >= 0.3 is 0 Å². The Morgan fingerprint density at radius 1 is 1.31 bits per heavy atom. The minimum atomic E-state index is -0.0112. The van der Waals surface area contributed by atoms with E-state index in [4.69, 9.17) is 5.26 Å². The predicted molar refractivity (Wildman–Crippen MR) is 63.6 cm³/mol. The van der Waals surface area contributed by atoms with Crippen LogP contribution in [0.2, 0.25) is 0 Å². The molecule has 0 bridgehead atoms. The first-order chi connectivity index (χ1) is 7.74. The van der Waals surface area contributed by atoms with Gasteiger partial charge in [-0.15, -0.1) is 0 Å². The van der Waals surface area contributed by atoms with Crippen molar-refractivity contribution in [3.05, 3.63) is 0 Å². The lowest BCUT2D eigenvalue weighted by Crippen LogP contribution is -2.37. The van der Waals surface area contributed by atoms with Gasteiger partial charge in [0.05, 0.1) is 12.5 Å². The average molecular weight is 222 g/mol. The molecule has 0 aromatic carbocycles. The zero-order valence-corrected chi connectivity index (χ0v) is 10.2. The van der Waals surface area contributed by atoms with Gasteiger partial charge in [0.15, 0.2) is 0 Å². The maximum Gasteiger partial charge on any atom is 0.223 e. The summed E-state index contributed by atoms with van der Waals surface area (Å²) in [5, 5.41) is 11.5. The van der Waals surface area contributed by atoms with E-state index < -0.39 is 0 Å². The molecule has 1 fully saturated rings. The first-order valence-electron chi connectivity index (χ1n) is 6.41. The molecule has 1 N–H and O–H groups in total. The summed E-state index contributed by atoms with van der Waals surface area (Å²) in [5.41, 5.74) is 0. The van der Waals surface area contributed by atoms with E-state index in [0.29, 0.717) is 6.42 Å². The molecule has 0 aliphatic heterocycles. The highest BCUT2D eigenvalue weighted by atomic mass is 16.1. The third-order valence-corrected chi connectivity index (χ3v) is 3.26. The maximum atomic E-state index is 11.9. The molecule has 16 heavy (non-hydrogen) atoms. The van der Waals surface area contributed by atoms with Crippen LogP contribution in [0.25, 0.3) is 0 Å². The van der Waals surface area contributed by atoms with Crippen LogP contribution >= 0.6 is 0 Å². The summed E-state index contributed by atoms with van der Waals surface area (Å²) in [6.45, 7) is 1.89. The molecule has 0 aromatic rings. The Morgan fingerprint density at radius 3 is 2.44 bits per heavy atom. The Kier molecular flexibility index (Phi) is 5.92. The molecule has 0 saturated heterocycles. The zero-order valence-electron chi connectivity index (χ0n) is 10.2. The molecule has 0 radical (unpaired) electrons. The van der Waals surface area contributed by atoms with Crippen molar-refractivity contribution in [1.29, 1.82) is 5.26 Å². The summed E-state index contributed by atoms with van der Waals surface area (Å²) in [5.74, 6) is 0.339. The van der Waals surface area contributed by atoms with E-state index in [1.165, 1.54) is 32.1 Å². The van der Waals surface area contributed by atoms with Crippen LogP contribution in [0.3, 0.4) is 0 Å². The molecule has 3 heteroatoms. The SMILES string of the molecule is CC(CC#N)NC(=O)C1CCCCCCC1. The fourth-order valence-corrected chi connectivity index (χ4v) is 2.27. The van der Waals surface area contributed by atoms with Gasteiger partial charge in [0.1, 0.15) is 0 Å². The fraction of sp³-hybridized carbons (Fsp3) is 0.846. The van der Waals surface area contributed by atoms with Crippen LogP contribution < -0.4 is 5.32 Å². The third kappa shape index (κ3) is 4.65. The van der Waals surface area contributed by atoms with E-state index in [-0.39, 0.29) is 17.9 Å². The first kappa shape index (κ1) is 13.0. The van der Waals surface area contributed by atoms with Crippen LogP contribution in [0.5, 0.6) is 0 Å². The summed E-state index contributed by atoms with van der Waals surface area (Å²) in [6, 6.07) is 2.07. The van der Waals surface area contributed by atoms with Crippen LogP contribution in [-0.2, 0) is 4.79 Å². The quantitative estimate of drug-likeness (QED) is 0.798. The first-order valence-corrected chi connectivity index (χ1v) is 6.41. The Morgan fingerprint density at radius 2 is 1.88 bits per heavy atom. The van der Waals surface area contributed by atoms with E-state index in [0.717, 1.165) is 12.8 Å². The molecule has 1 rings (SSSR count). The highest BCUT2D eigenvalue weighted by molar-refractivity contribution is 5.78. The molecule has 1 atom stereocenters. The molecule has 1 aliphatic carbocycles. The second kappa shape index (κ2) is 7.27. The third-order valence-electron chi connectivity index (χ3n) is 3.26. The molecule has 0 aromatic heterocycles. The smallest absolute Gasteiger partial charge is 0.223 e. The number of carbonyl (C=O) groups is 1. The molecular weight excluding hydrogens is 200 g/mol. The maximum absolute atomic E-state index is 11.9. The van der Waals surface area contributed by atoms with Crippen molar-refractivity contribution in [1.82, 2.24) is 5.32 Å². The van der Waals surface area contributed by atoms with Crippen molar-refractivity contribution in [3.8, 4) is 6.07 Å². The minimum Gasteiger partial charge on any atom is -0.352 e. The Balaban J connectivity index is 2.35. The fourth-order valence-electron chi connectivity index (χ4n) is 2.27. The number of nitrogens with zero attached hydrogens (tertiary/aromatic N) is 1. The summed E-state index contributed by atoms with van der Waals surface area (Å²) in [7, 11) is 0. The number of amides is 1. The van der Waals surface area contributed by atoms with Gasteiger partial charge in [0.2, 0.25) is 5.91 Å². The molecule has 1 aliphatic rings. The van der Waals surface area contributed by atoms with Crippen LogP contribution in [0.4, 0.5) is 0 Å². The zero-order chi connectivity index (χ0) is 11.8. The van der Waals surface area contributed by atoms with Crippen LogP contribution in [0.1, 0.15) is 58.3 Å². The molecule has 0 heterocycles. The normalized spacial score (nSPS) is 20.2. The summed E-state index contributed by atoms with van der Waals surface area (Å²) in [4.78, 5) is 11.9. The number of hydrogen-bond acceptors (Lipinski definition) is 2. The van der Waals surface area contributed by atoms with Gasteiger partial charge in [0.25, 0.3) is 0 Å². The van der Waals surface area contributed by atoms with Gasteiger partial charge in [-0.25, -0.2) is 0 Å². The lowest BCUT2D eigenvalue weighted by atomic mass is 9.90. The topological polar surface area (TPSA) is 52.9 Å². The Bertz CT molecular complexity index is 249. The molecule has 90 valence electrons. The van der Waals surface area contributed by atoms with Gasteiger partial charge in [-0.1, -0.05) is 32.1 Å². The van der Waals surface area contributed by atoms with E-state index in [1.54, 1.807) is 0 Å². The van der Waals surface area contributed by atoms with Gasteiger partial charge in [-0.05, 0) is 19.8 Å². The van der Waals surface area contributed by atoms with Crippen LogP contribution in [0, 0.1) is 17.2 Å². The predicted octanol–water partition coefficient (Wildman–Crippen LogP) is 2.77. The highest BCUT2D eigenvalue weighted by Crippen LogP contribution is 2.22. The van der Waals surface area contributed by atoms with Crippen molar-refractivity contribution in [2.24, 2.45) is 5.92 Å². The van der Waals surface area contributed by atoms with E-state index in [9.17, 15) is 4.79 Å². The van der Waals surface area contributed by atoms with E-state index in [1.807, 2.05) is 6.92 Å². The highest BCUT2D eigenvalue weighted by Gasteiger charge is 2.20. The summed E-state index contributed by atoms with van der Waals surface area (Å²) in [6.07, 6.45) is 8.62. The van der Waals surface area contributed by atoms with Crippen molar-refractivity contribution >= 4 is 5.91 Å². The molecule has 0 spiro atoms. The van der Waals surface area contributed by atoms with E-state index >= 15 is 0 Å². The molecule has 1 amide bonds. The number of hydrogen-bond donors (Lipinski definition) is 1. The van der Waals surface area contributed by atoms with Gasteiger partial charge in [0, 0.05) is 12.0 Å². The monoisotopic (exact) mass is 222 g/mol. The van der Waals surface area contributed by atoms with Gasteiger partial charge < -0.3 is 5.32 Å². The van der Waals surface area contributed by atoms with E-state index in [2.05, 4.69) is 11.4 Å². The molecule has 1 saturated carbocycles. The lowest BCUT2D eigenvalue weighted by molar-refractivity contribution is -0.126. The second-order valence-corrected chi connectivity index (χ2v) is 4.81. The van der Waals surface area contributed by atoms with Crippen LogP contribution in [-0.4, -0.2) is 11.9 Å². The second-order valence-electron chi connectivity index (χ2n) is 4.81. The van der Waals surface area contributed by atoms with Crippen LogP contribution in [0.15, 0.2) is 0 Å².